The van der Waals surface area contributed by atoms with Gasteiger partial charge < -0.3 is 0 Å². The number of hydrogen-bond donors (Lipinski definition) is 0. The fourth-order valence-electron chi connectivity index (χ4n) is 1.63. The number of allylic oxidation sites excluding steroid dienone is 1. The first kappa shape index (κ1) is 14.5. The first-order valence-electron chi connectivity index (χ1n) is 5.72. The zero-order valence-corrected chi connectivity index (χ0v) is 12.7. The number of nitriles is 1. The zero-order chi connectivity index (χ0) is 14.6. The van der Waals surface area contributed by atoms with Crippen molar-refractivity contribution in [1.82, 2.24) is 0 Å². The molecule has 0 radical (unpaired) electrons. The molecule has 0 saturated heterocycles. The number of halogens is 1. The molecular formula is C15H10BrNO2S. The third-order valence-electron chi connectivity index (χ3n) is 2.65. The van der Waals surface area contributed by atoms with E-state index in [0.717, 1.165) is 4.47 Å². The lowest BCUT2D eigenvalue weighted by atomic mass is 10.2. The molecule has 0 aliphatic rings. The fourth-order valence-corrected chi connectivity index (χ4v) is 3.20. The summed E-state index contributed by atoms with van der Waals surface area (Å²) in [6.07, 6.45) is 1.37. The first-order chi connectivity index (χ1) is 9.55. The molecule has 0 aromatic heterocycles. The van der Waals surface area contributed by atoms with Gasteiger partial charge in [-0.25, -0.2) is 8.42 Å². The first-order valence-corrected chi connectivity index (χ1v) is 8.00. The van der Waals surface area contributed by atoms with E-state index in [9.17, 15) is 8.42 Å². The standard InChI is InChI=1S/C15H10BrNO2S/c16-15-9-5-4-6-12(15)10-14(11-17)20(18,19)13-7-2-1-3-8-13/h1-10H/b14-10+. The molecule has 3 nitrogen and oxygen atoms in total. The van der Waals surface area contributed by atoms with E-state index in [1.54, 1.807) is 42.5 Å². The fraction of sp³-hybridized carbons (Fsp3) is 0. The second-order valence-electron chi connectivity index (χ2n) is 3.96. The monoisotopic (exact) mass is 347 g/mol. The zero-order valence-electron chi connectivity index (χ0n) is 10.3. The van der Waals surface area contributed by atoms with E-state index in [-0.39, 0.29) is 9.80 Å². The second kappa shape index (κ2) is 6.04. The van der Waals surface area contributed by atoms with Gasteiger partial charge in [0.1, 0.15) is 11.0 Å². The summed E-state index contributed by atoms with van der Waals surface area (Å²) in [5, 5.41) is 9.16. The molecule has 100 valence electrons. The summed E-state index contributed by atoms with van der Waals surface area (Å²) >= 11 is 3.33. The minimum Gasteiger partial charge on any atom is -0.218 e. The summed E-state index contributed by atoms with van der Waals surface area (Å²) in [7, 11) is -3.79. The van der Waals surface area contributed by atoms with Gasteiger partial charge in [-0.2, -0.15) is 5.26 Å². The van der Waals surface area contributed by atoms with E-state index < -0.39 is 9.84 Å². The molecule has 0 heterocycles. The van der Waals surface area contributed by atoms with Crippen molar-refractivity contribution in [3.05, 3.63) is 69.5 Å². The minimum atomic E-state index is -3.79. The molecule has 0 aliphatic heterocycles. The molecule has 2 aromatic carbocycles. The molecule has 0 spiro atoms. The lowest BCUT2D eigenvalue weighted by Gasteiger charge is -2.03. The molecule has 20 heavy (non-hydrogen) atoms. The summed E-state index contributed by atoms with van der Waals surface area (Å²) in [6.45, 7) is 0. The maximum absolute atomic E-state index is 12.4. The van der Waals surface area contributed by atoms with Gasteiger partial charge in [0.15, 0.2) is 0 Å². The van der Waals surface area contributed by atoms with E-state index in [4.69, 9.17) is 5.26 Å². The Hall–Kier alpha value is -1.90. The van der Waals surface area contributed by atoms with Crippen LogP contribution in [0.25, 0.3) is 6.08 Å². The molecular weight excluding hydrogens is 338 g/mol. The average molecular weight is 348 g/mol. The van der Waals surface area contributed by atoms with E-state index >= 15 is 0 Å². The highest BCUT2D eigenvalue weighted by Crippen LogP contribution is 2.24. The van der Waals surface area contributed by atoms with Gasteiger partial charge in [-0.3, -0.25) is 0 Å². The maximum Gasteiger partial charge on any atom is 0.216 e. The van der Waals surface area contributed by atoms with Gasteiger partial charge in [0, 0.05) is 4.47 Å². The Balaban J connectivity index is 2.55. The van der Waals surface area contributed by atoms with Crippen molar-refractivity contribution in [2.24, 2.45) is 0 Å². The van der Waals surface area contributed by atoms with Crippen LogP contribution in [0.2, 0.25) is 0 Å². The number of rotatable bonds is 3. The smallest absolute Gasteiger partial charge is 0.216 e. The van der Waals surface area contributed by atoms with Crippen LogP contribution in [-0.2, 0) is 9.84 Å². The van der Waals surface area contributed by atoms with Gasteiger partial charge in [0.25, 0.3) is 0 Å². The molecule has 0 N–H and O–H groups in total. The summed E-state index contributed by atoms with van der Waals surface area (Å²) in [5.41, 5.74) is 0.642. The van der Waals surface area contributed by atoms with Gasteiger partial charge in [0.2, 0.25) is 9.84 Å². The summed E-state index contributed by atoms with van der Waals surface area (Å²) < 4.78 is 25.5. The Morgan fingerprint density at radius 3 is 2.25 bits per heavy atom. The molecule has 0 unspecified atom stereocenters. The molecule has 0 atom stereocenters. The highest BCUT2D eigenvalue weighted by atomic mass is 79.9. The van der Waals surface area contributed by atoms with Gasteiger partial charge in [-0.1, -0.05) is 52.3 Å². The van der Waals surface area contributed by atoms with Gasteiger partial charge in [-0.15, -0.1) is 0 Å². The minimum absolute atomic E-state index is 0.111. The summed E-state index contributed by atoms with van der Waals surface area (Å²) in [6, 6.07) is 16.8. The van der Waals surface area contributed by atoms with E-state index in [2.05, 4.69) is 15.9 Å². The van der Waals surface area contributed by atoms with Crippen LogP contribution in [0.1, 0.15) is 5.56 Å². The predicted molar refractivity (Wildman–Crippen MR) is 81.4 cm³/mol. The predicted octanol–water partition coefficient (Wildman–Crippen LogP) is 3.79. The molecule has 0 saturated carbocycles. The van der Waals surface area contributed by atoms with E-state index in [0.29, 0.717) is 5.56 Å². The van der Waals surface area contributed by atoms with Crippen molar-refractivity contribution >= 4 is 31.8 Å². The normalized spacial score (nSPS) is 11.9. The van der Waals surface area contributed by atoms with Crippen molar-refractivity contribution in [1.29, 1.82) is 5.26 Å². The molecule has 0 amide bonds. The van der Waals surface area contributed by atoms with Crippen LogP contribution >= 0.6 is 15.9 Å². The molecule has 2 rings (SSSR count). The lowest BCUT2D eigenvalue weighted by Crippen LogP contribution is -2.03. The van der Waals surface area contributed by atoms with E-state index in [1.807, 2.05) is 6.07 Å². The SMILES string of the molecule is N#C/C(=C\c1ccccc1Br)S(=O)(=O)c1ccccc1. The number of hydrogen-bond acceptors (Lipinski definition) is 3. The van der Waals surface area contributed by atoms with Gasteiger partial charge in [-0.05, 0) is 29.8 Å². The topological polar surface area (TPSA) is 57.9 Å². The Morgan fingerprint density at radius 1 is 1.05 bits per heavy atom. The molecule has 0 aliphatic carbocycles. The van der Waals surface area contributed by atoms with Crippen LogP contribution in [0.15, 0.2) is 68.9 Å². The molecule has 5 heteroatoms. The Labute approximate surface area is 126 Å². The highest BCUT2D eigenvalue weighted by molar-refractivity contribution is 9.10. The highest BCUT2D eigenvalue weighted by Gasteiger charge is 2.20. The molecule has 0 bridgehead atoms. The lowest BCUT2D eigenvalue weighted by molar-refractivity contribution is 0.603. The summed E-state index contributed by atoms with van der Waals surface area (Å²) in [5.74, 6) is 0. The largest absolute Gasteiger partial charge is 0.218 e. The molecule has 2 aromatic rings. The molecule has 0 fully saturated rings. The number of nitrogens with zero attached hydrogens (tertiary/aromatic N) is 1. The van der Waals surface area contributed by atoms with Crippen molar-refractivity contribution < 1.29 is 8.42 Å². The van der Waals surface area contributed by atoms with Crippen LogP contribution in [0.5, 0.6) is 0 Å². The summed E-state index contributed by atoms with van der Waals surface area (Å²) in [4.78, 5) is -0.171. The van der Waals surface area contributed by atoms with Crippen LogP contribution in [-0.4, -0.2) is 8.42 Å². The third-order valence-corrected chi connectivity index (χ3v) is 5.05. The Morgan fingerprint density at radius 2 is 1.65 bits per heavy atom. The van der Waals surface area contributed by atoms with Crippen molar-refractivity contribution in [2.75, 3.05) is 0 Å². The van der Waals surface area contributed by atoms with Gasteiger partial charge >= 0.3 is 0 Å². The number of sulfone groups is 1. The van der Waals surface area contributed by atoms with E-state index in [1.165, 1.54) is 18.2 Å². The average Bonchev–Trinajstić information content (AvgIpc) is 2.47. The second-order valence-corrected chi connectivity index (χ2v) is 6.73. The Bertz CT molecular complexity index is 790. The van der Waals surface area contributed by atoms with Crippen molar-refractivity contribution in [3.63, 3.8) is 0 Å². The van der Waals surface area contributed by atoms with Crippen molar-refractivity contribution in [3.8, 4) is 6.07 Å². The number of benzene rings is 2. The van der Waals surface area contributed by atoms with Crippen LogP contribution in [0, 0.1) is 11.3 Å². The van der Waals surface area contributed by atoms with Crippen LogP contribution < -0.4 is 0 Å². The van der Waals surface area contributed by atoms with Crippen LogP contribution in [0.3, 0.4) is 0 Å². The van der Waals surface area contributed by atoms with Crippen LogP contribution in [0.4, 0.5) is 0 Å². The maximum atomic E-state index is 12.4. The van der Waals surface area contributed by atoms with Gasteiger partial charge in [0.05, 0.1) is 4.90 Å². The quantitative estimate of drug-likeness (QED) is 0.793. The third kappa shape index (κ3) is 2.98. The van der Waals surface area contributed by atoms with Crippen molar-refractivity contribution in [2.45, 2.75) is 4.90 Å². The Kier molecular flexibility index (Phi) is 4.38.